The highest BCUT2D eigenvalue weighted by molar-refractivity contribution is 6.04. The van der Waals surface area contributed by atoms with Crippen LogP contribution in [0.2, 0.25) is 0 Å². The lowest BCUT2D eigenvalue weighted by Crippen LogP contribution is -2.28. The van der Waals surface area contributed by atoms with Crippen LogP contribution in [0.3, 0.4) is 0 Å². The number of allylic oxidation sites excluding steroid dienone is 2. The molecule has 2 amide bonds. The second kappa shape index (κ2) is 14.0. The predicted octanol–water partition coefficient (Wildman–Crippen LogP) is -0.443. The standard InChI is InChI=1S/C19H30N6O4/c1-23-16(21)6-7-17(22)25-19(27)14-4-2-3-5-15(14)24-18(26)8-10-28-12-13-29-11-9-20/h2-7,23H,8-13,20-22H2,1H3,(H,24,26)(H,25,27)/b16-6+,17-7+. The molecule has 1 aromatic rings. The Morgan fingerprint density at radius 2 is 1.66 bits per heavy atom. The first-order chi connectivity index (χ1) is 14.0. The summed E-state index contributed by atoms with van der Waals surface area (Å²) in [5, 5.41) is 7.97. The number of rotatable bonds is 13. The number of anilines is 1. The lowest BCUT2D eigenvalue weighted by atomic mass is 10.1. The molecule has 0 saturated heterocycles. The average Bonchev–Trinajstić information content (AvgIpc) is 2.71. The van der Waals surface area contributed by atoms with Gasteiger partial charge < -0.3 is 42.6 Å². The third kappa shape index (κ3) is 10.1. The van der Waals surface area contributed by atoms with E-state index in [0.29, 0.717) is 37.9 Å². The van der Waals surface area contributed by atoms with Gasteiger partial charge in [0.05, 0.1) is 49.9 Å². The van der Waals surface area contributed by atoms with E-state index in [2.05, 4.69) is 16.0 Å². The zero-order valence-corrected chi connectivity index (χ0v) is 16.6. The number of ether oxygens (including phenoxy) is 2. The van der Waals surface area contributed by atoms with Gasteiger partial charge in [0.2, 0.25) is 5.91 Å². The van der Waals surface area contributed by atoms with Gasteiger partial charge in [-0.15, -0.1) is 0 Å². The normalized spacial score (nSPS) is 11.8. The highest BCUT2D eigenvalue weighted by Crippen LogP contribution is 2.15. The molecule has 0 bridgehead atoms. The van der Waals surface area contributed by atoms with Crippen LogP contribution in [-0.2, 0) is 14.3 Å². The number of benzene rings is 1. The number of hydrogen-bond donors (Lipinski definition) is 6. The molecule has 0 atom stereocenters. The Hall–Kier alpha value is -3.08. The first-order valence-electron chi connectivity index (χ1n) is 9.14. The Balaban J connectivity index is 2.56. The van der Waals surface area contributed by atoms with Crippen LogP contribution in [0.4, 0.5) is 5.69 Å². The topological polar surface area (TPSA) is 167 Å². The van der Waals surface area contributed by atoms with Crippen LogP contribution in [-0.4, -0.2) is 51.8 Å². The van der Waals surface area contributed by atoms with Gasteiger partial charge in [0.25, 0.3) is 5.91 Å². The second-order valence-corrected chi connectivity index (χ2v) is 5.81. The lowest BCUT2D eigenvalue weighted by Gasteiger charge is -2.12. The zero-order chi connectivity index (χ0) is 21.5. The van der Waals surface area contributed by atoms with Crippen LogP contribution >= 0.6 is 0 Å². The quantitative estimate of drug-likeness (QED) is 0.189. The SMILES string of the molecule is CN/C(N)=C/C=C(\N)NC(=O)c1ccccc1NC(=O)CCOCCOCCN. The summed E-state index contributed by atoms with van der Waals surface area (Å²) >= 11 is 0. The van der Waals surface area contributed by atoms with Crippen LogP contribution < -0.4 is 33.2 Å². The number of nitrogens with one attached hydrogen (secondary N) is 3. The number of carbonyl (C=O) groups is 2. The number of nitrogens with two attached hydrogens (primary N) is 3. The highest BCUT2D eigenvalue weighted by atomic mass is 16.5. The van der Waals surface area contributed by atoms with E-state index < -0.39 is 5.91 Å². The molecule has 0 heterocycles. The van der Waals surface area contributed by atoms with Gasteiger partial charge in [-0.3, -0.25) is 9.59 Å². The average molecular weight is 406 g/mol. The minimum Gasteiger partial charge on any atom is -0.386 e. The molecule has 10 heteroatoms. The summed E-state index contributed by atoms with van der Waals surface area (Å²) in [6.07, 6.45) is 3.12. The van der Waals surface area contributed by atoms with Crippen LogP contribution in [0.5, 0.6) is 0 Å². The molecule has 0 aliphatic carbocycles. The fourth-order valence-electron chi connectivity index (χ4n) is 2.08. The van der Waals surface area contributed by atoms with Gasteiger partial charge in [0.1, 0.15) is 5.82 Å². The molecule has 1 aromatic carbocycles. The summed E-state index contributed by atoms with van der Waals surface area (Å²) < 4.78 is 10.5. The van der Waals surface area contributed by atoms with Crippen molar-refractivity contribution in [2.75, 3.05) is 45.3 Å². The Bertz CT molecular complexity index is 720. The minimum absolute atomic E-state index is 0.111. The summed E-state index contributed by atoms with van der Waals surface area (Å²) in [4.78, 5) is 24.6. The van der Waals surface area contributed by atoms with Crippen LogP contribution in [0.15, 0.2) is 48.1 Å². The van der Waals surface area contributed by atoms with E-state index in [1.807, 2.05) is 0 Å². The zero-order valence-electron chi connectivity index (χ0n) is 16.6. The highest BCUT2D eigenvalue weighted by Gasteiger charge is 2.13. The van der Waals surface area contributed by atoms with Gasteiger partial charge in [0, 0.05) is 13.6 Å². The van der Waals surface area contributed by atoms with Gasteiger partial charge in [-0.05, 0) is 24.3 Å². The van der Waals surface area contributed by atoms with Crippen molar-refractivity contribution in [3.8, 4) is 0 Å². The van der Waals surface area contributed by atoms with Gasteiger partial charge in [-0.25, -0.2) is 0 Å². The molecule has 0 saturated carbocycles. The van der Waals surface area contributed by atoms with Crippen LogP contribution in [0.25, 0.3) is 0 Å². The fraction of sp³-hybridized carbons (Fsp3) is 0.368. The summed E-state index contributed by atoms with van der Waals surface area (Å²) in [5.41, 5.74) is 17.3. The van der Waals surface area contributed by atoms with Crippen molar-refractivity contribution < 1.29 is 19.1 Å². The van der Waals surface area contributed by atoms with Gasteiger partial charge in [-0.1, -0.05) is 12.1 Å². The summed E-state index contributed by atoms with van der Waals surface area (Å²) in [5.74, 6) is -0.233. The summed E-state index contributed by atoms with van der Waals surface area (Å²) in [6, 6.07) is 6.62. The second-order valence-electron chi connectivity index (χ2n) is 5.81. The van der Waals surface area contributed by atoms with E-state index in [1.54, 1.807) is 31.3 Å². The van der Waals surface area contributed by atoms with Crippen molar-refractivity contribution in [2.45, 2.75) is 6.42 Å². The van der Waals surface area contributed by atoms with Crippen molar-refractivity contribution in [1.29, 1.82) is 0 Å². The minimum atomic E-state index is -0.459. The van der Waals surface area contributed by atoms with Crippen molar-refractivity contribution in [2.24, 2.45) is 17.2 Å². The molecule has 29 heavy (non-hydrogen) atoms. The van der Waals surface area contributed by atoms with Gasteiger partial charge in [0.15, 0.2) is 0 Å². The third-order valence-corrected chi connectivity index (χ3v) is 3.54. The molecule has 0 aliphatic rings. The summed E-state index contributed by atoms with van der Waals surface area (Å²) in [7, 11) is 1.66. The molecule has 9 N–H and O–H groups in total. The molecule has 160 valence electrons. The third-order valence-electron chi connectivity index (χ3n) is 3.54. The van der Waals surface area contributed by atoms with Crippen LogP contribution in [0.1, 0.15) is 16.8 Å². The fourth-order valence-corrected chi connectivity index (χ4v) is 2.08. The molecule has 0 unspecified atom stereocenters. The Morgan fingerprint density at radius 1 is 1.00 bits per heavy atom. The Labute approximate surface area is 170 Å². The van der Waals surface area contributed by atoms with E-state index >= 15 is 0 Å². The van der Waals surface area contributed by atoms with Crippen molar-refractivity contribution in [1.82, 2.24) is 10.6 Å². The van der Waals surface area contributed by atoms with Crippen LogP contribution in [0, 0.1) is 0 Å². The molecule has 1 rings (SSSR count). The number of hydrogen-bond acceptors (Lipinski definition) is 8. The Morgan fingerprint density at radius 3 is 2.34 bits per heavy atom. The number of para-hydroxylation sites is 1. The first kappa shape index (κ1) is 24.0. The van der Waals surface area contributed by atoms with E-state index in [9.17, 15) is 9.59 Å². The molecular weight excluding hydrogens is 376 g/mol. The molecule has 0 radical (unpaired) electrons. The van der Waals surface area contributed by atoms with E-state index in [0.717, 1.165) is 0 Å². The smallest absolute Gasteiger partial charge is 0.258 e. The largest absolute Gasteiger partial charge is 0.386 e. The predicted molar refractivity (Wildman–Crippen MR) is 111 cm³/mol. The van der Waals surface area contributed by atoms with Crippen molar-refractivity contribution >= 4 is 17.5 Å². The van der Waals surface area contributed by atoms with E-state index in [-0.39, 0.29) is 30.3 Å². The number of carbonyl (C=O) groups excluding carboxylic acids is 2. The van der Waals surface area contributed by atoms with Crippen molar-refractivity contribution in [3.63, 3.8) is 0 Å². The first-order valence-corrected chi connectivity index (χ1v) is 9.14. The van der Waals surface area contributed by atoms with E-state index in [4.69, 9.17) is 26.7 Å². The molecule has 0 aromatic heterocycles. The summed E-state index contributed by atoms with van der Waals surface area (Å²) in [6.45, 7) is 1.97. The van der Waals surface area contributed by atoms with Gasteiger partial charge >= 0.3 is 0 Å². The van der Waals surface area contributed by atoms with E-state index in [1.165, 1.54) is 12.2 Å². The Kier molecular flexibility index (Phi) is 11.6. The molecule has 0 spiro atoms. The maximum absolute atomic E-state index is 12.5. The maximum atomic E-state index is 12.5. The molecule has 0 fully saturated rings. The molecular formula is C19H30N6O4. The number of amides is 2. The maximum Gasteiger partial charge on any atom is 0.258 e. The monoisotopic (exact) mass is 406 g/mol. The van der Waals surface area contributed by atoms with Gasteiger partial charge in [-0.2, -0.15) is 0 Å². The lowest BCUT2D eigenvalue weighted by molar-refractivity contribution is -0.117. The molecule has 10 nitrogen and oxygen atoms in total. The van der Waals surface area contributed by atoms with Crippen molar-refractivity contribution in [3.05, 3.63) is 53.6 Å². The molecule has 0 aliphatic heterocycles.